The van der Waals surface area contributed by atoms with Gasteiger partial charge in [0.25, 0.3) is 0 Å². The standard InChI is InChI=1S/C18H25N3OS2/c1-4-19-17(20-11-14-5-7-16(23-3)8-6-14)21-13-18(2,22)15-9-10-24-12-15/h5-10,12,22H,4,11,13H2,1-3H3,(H2,19,20,21). The van der Waals surface area contributed by atoms with Crippen LogP contribution in [-0.2, 0) is 12.1 Å². The van der Waals surface area contributed by atoms with E-state index >= 15 is 0 Å². The lowest BCUT2D eigenvalue weighted by Gasteiger charge is -2.24. The third-order valence-corrected chi connectivity index (χ3v) is 5.09. The predicted molar refractivity (Wildman–Crippen MR) is 105 cm³/mol. The molecule has 0 fully saturated rings. The number of aliphatic imine (C=N–C) groups is 1. The summed E-state index contributed by atoms with van der Waals surface area (Å²) >= 11 is 3.32. The maximum atomic E-state index is 10.6. The van der Waals surface area contributed by atoms with E-state index in [1.54, 1.807) is 23.1 Å². The highest BCUT2D eigenvalue weighted by Crippen LogP contribution is 2.22. The molecule has 0 aliphatic carbocycles. The van der Waals surface area contributed by atoms with Crippen molar-refractivity contribution in [1.82, 2.24) is 10.6 Å². The number of benzene rings is 1. The van der Waals surface area contributed by atoms with Gasteiger partial charge in [0, 0.05) is 11.4 Å². The van der Waals surface area contributed by atoms with Crippen LogP contribution in [0.25, 0.3) is 0 Å². The fourth-order valence-corrected chi connectivity index (χ4v) is 3.36. The first kappa shape index (κ1) is 18.8. The number of thiophene rings is 1. The number of aliphatic hydroxyl groups is 1. The maximum absolute atomic E-state index is 10.6. The summed E-state index contributed by atoms with van der Waals surface area (Å²) < 4.78 is 0. The Labute approximate surface area is 152 Å². The average Bonchev–Trinajstić information content (AvgIpc) is 3.13. The van der Waals surface area contributed by atoms with Gasteiger partial charge in [0.15, 0.2) is 5.96 Å². The molecule has 0 aliphatic heterocycles. The number of nitrogens with one attached hydrogen (secondary N) is 2. The Kier molecular flexibility index (Phi) is 7.15. The number of nitrogens with zero attached hydrogens (tertiary/aromatic N) is 1. The summed E-state index contributed by atoms with van der Waals surface area (Å²) in [5.74, 6) is 0.710. The van der Waals surface area contributed by atoms with E-state index in [2.05, 4.69) is 46.1 Å². The highest BCUT2D eigenvalue weighted by atomic mass is 32.2. The van der Waals surface area contributed by atoms with Crippen LogP contribution in [0.1, 0.15) is 25.0 Å². The molecule has 1 atom stereocenters. The minimum absolute atomic E-state index is 0.404. The Balaban J connectivity index is 1.97. The molecule has 0 bridgehead atoms. The lowest BCUT2D eigenvalue weighted by Crippen LogP contribution is -2.44. The van der Waals surface area contributed by atoms with Gasteiger partial charge < -0.3 is 15.7 Å². The first-order valence-corrected chi connectivity index (χ1v) is 10.1. The van der Waals surface area contributed by atoms with Crippen molar-refractivity contribution in [3.05, 3.63) is 52.2 Å². The zero-order valence-corrected chi connectivity index (χ0v) is 16.0. The summed E-state index contributed by atoms with van der Waals surface area (Å²) in [4.78, 5) is 5.85. The quantitative estimate of drug-likeness (QED) is 0.401. The van der Waals surface area contributed by atoms with Crippen LogP contribution >= 0.6 is 23.1 Å². The molecule has 0 saturated heterocycles. The molecule has 2 rings (SSSR count). The Hall–Kier alpha value is -1.50. The van der Waals surface area contributed by atoms with Gasteiger partial charge in [-0.25, -0.2) is 4.99 Å². The number of rotatable bonds is 7. The molecule has 1 aromatic heterocycles. The topological polar surface area (TPSA) is 56.7 Å². The van der Waals surface area contributed by atoms with E-state index in [0.717, 1.165) is 17.7 Å². The van der Waals surface area contributed by atoms with Gasteiger partial charge in [-0.15, -0.1) is 11.8 Å². The van der Waals surface area contributed by atoms with E-state index in [9.17, 15) is 5.11 Å². The molecule has 3 N–H and O–H groups in total. The first-order valence-electron chi connectivity index (χ1n) is 7.95. The molecule has 24 heavy (non-hydrogen) atoms. The molecule has 1 aromatic carbocycles. The minimum atomic E-state index is -0.920. The largest absolute Gasteiger partial charge is 0.384 e. The van der Waals surface area contributed by atoms with Crippen molar-refractivity contribution in [2.24, 2.45) is 4.99 Å². The number of thioether (sulfide) groups is 1. The summed E-state index contributed by atoms with van der Waals surface area (Å²) in [6.45, 7) is 5.62. The summed E-state index contributed by atoms with van der Waals surface area (Å²) in [7, 11) is 0. The van der Waals surface area contributed by atoms with Crippen LogP contribution in [0.5, 0.6) is 0 Å². The Morgan fingerprint density at radius 1 is 1.25 bits per heavy atom. The zero-order valence-electron chi connectivity index (χ0n) is 14.4. The highest BCUT2D eigenvalue weighted by molar-refractivity contribution is 7.98. The molecule has 2 aromatic rings. The second-order valence-corrected chi connectivity index (χ2v) is 7.34. The highest BCUT2D eigenvalue weighted by Gasteiger charge is 2.23. The van der Waals surface area contributed by atoms with Crippen LogP contribution < -0.4 is 10.6 Å². The zero-order chi connectivity index (χ0) is 17.4. The van der Waals surface area contributed by atoms with Gasteiger partial charge in [-0.3, -0.25) is 0 Å². The third-order valence-electron chi connectivity index (χ3n) is 3.67. The van der Waals surface area contributed by atoms with Crippen molar-refractivity contribution >= 4 is 29.1 Å². The molecule has 0 radical (unpaired) electrons. The molecular weight excluding hydrogens is 338 g/mol. The van der Waals surface area contributed by atoms with E-state index < -0.39 is 5.60 Å². The first-order chi connectivity index (χ1) is 11.5. The van der Waals surface area contributed by atoms with E-state index in [1.807, 2.05) is 30.7 Å². The SMILES string of the molecule is CCNC(=NCc1ccc(SC)cc1)NCC(C)(O)c1ccsc1. The molecule has 0 spiro atoms. The smallest absolute Gasteiger partial charge is 0.191 e. The van der Waals surface area contributed by atoms with Gasteiger partial charge in [-0.05, 0) is 60.2 Å². The molecule has 6 heteroatoms. The van der Waals surface area contributed by atoms with Gasteiger partial charge in [0.1, 0.15) is 5.60 Å². The molecule has 0 amide bonds. The fourth-order valence-electron chi connectivity index (χ4n) is 2.17. The van der Waals surface area contributed by atoms with Gasteiger partial charge >= 0.3 is 0 Å². The maximum Gasteiger partial charge on any atom is 0.191 e. The molecular formula is C18H25N3OS2. The van der Waals surface area contributed by atoms with E-state index in [1.165, 1.54) is 4.90 Å². The second kappa shape index (κ2) is 9.11. The van der Waals surface area contributed by atoms with Crippen molar-refractivity contribution in [2.45, 2.75) is 30.9 Å². The minimum Gasteiger partial charge on any atom is -0.384 e. The Morgan fingerprint density at radius 2 is 2.00 bits per heavy atom. The predicted octanol–water partition coefficient (Wildman–Crippen LogP) is 3.43. The van der Waals surface area contributed by atoms with Crippen LogP contribution in [0.2, 0.25) is 0 Å². The summed E-state index contributed by atoms with van der Waals surface area (Å²) in [6, 6.07) is 10.4. The number of guanidine groups is 1. The van der Waals surface area contributed by atoms with Crippen molar-refractivity contribution in [2.75, 3.05) is 19.3 Å². The van der Waals surface area contributed by atoms with Crippen LogP contribution in [0.3, 0.4) is 0 Å². The van der Waals surface area contributed by atoms with Gasteiger partial charge in [0.2, 0.25) is 0 Å². The molecule has 1 unspecified atom stereocenters. The monoisotopic (exact) mass is 363 g/mol. The van der Waals surface area contributed by atoms with Gasteiger partial charge in [-0.2, -0.15) is 11.3 Å². The van der Waals surface area contributed by atoms with Crippen molar-refractivity contribution < 1.29 is 5.11 Å². The van der Waals surface area contributed by atoms with Gasteiger partial charge in [-0.1, -0.05) is 12.1 Å². The van der Waals surface area contributed by atoms with Crippen LogP contribution in [0.15, 0.2) is 51.0 Å². The van der Waals surface area contributed by atoms with Crippen molar-refractivity contribution in [1.29, 1.82) is 0 Å². The molecule has 0 saturated carbocycles. The van der Waals surface area contributed by atoms with E-state index in [0.29, 0.717) is 19.0 Å². The normalized spacial score (nSPS) is 14.2. The third kappa shape index (κ3) is 5.54. The average molecular weight is 364 g/mol. The second-order valence-electron chi connectivity index (χ2n) is 5.68. The number of hydrogen-bond donors (Lipinski definition) is 3. The summed E-state index contributed by atoms with van der Waals surface area (Å²) in [5.41, 5.74) is 1.16. The number of hydrogen-bond acceptors (Lipinski definition) is 4. The van der Waals surface area contributed by atoms with Crippen molar-refractivity contribution in [3.63, 3.8) is 0 Å². The summed E-state index contributed by atoms with van der Waals surface area (Å²) in [5, 5.41) is 21.0. The molecule has 130 valence electrons. The van der Waals surface area contributed by atoms with E-state index in [4.69, 9.17) is 0 Å². The van der Waals surface area contributed by atoms with E-state index in [-0.39, 0.29) is 0 Å². The molecule has 0 aliphatic rings. The van der Waals surface area contributed by atoms with Crippen LogP contribution in [0, 0.1) is 0 Å². The van der Waals surface area contributed by atoms with Gasteiger partial charge in [0.05, 0.1) is 13.1 Å². The van der Waals surface area contributed by atoms with Crippen molar-refractivity contribution in [3.8, 4) is 0 Å². The summed E-state index contributed by atoms with van der Waals surface area (Å²) in [6.07, 6.45) is 2.07. The lowest BCUT2D eigenvalue weighted by atomic mass is 9.99. The fraction of sp³-hybridized carbons (Fsp3) is 0.389. The molecule has 1 heterocycles. The van der Waals surface area contributed by atoms with Crippen LogP contribution in [-0.4, -0.2) is 30.4 Å². The molecule has 4 nitrogen and oxygen atoms in total. The van der Waals surface area contributed by atoms with Crippen LogP contribution in [0.4, 0.5) is 0 Å². The lowest BCUT2D eigenvalue weighted by molar-refractivity contribution is 0.0621. The Morgan fingerprint density at radius 3 is 2.58 bits per heavy atom. The Bertz CT molecular complexity index is 637.